The number of hydrogen-bond acceptors (Lipinski definition) is 2. The maximum absolute atomic E-state index is 4.09. The average Bonchev–Trinajstić information content (AvgIpc) is 3.12. The molecule has 4 nitrogen and oxygen atoms in total. The van der Waals surface area contributed by atoms with Crippen LogP contribution in [0.4, 0.5) is 0 Å². The van der Waals surface area contributed by atoms with E-state index in [2.05, 4.69) is 53.2 Å². The van der Waals surface area contributed by atoms with Crippen molar-refractivity contribution in [1.82, 2.24) is 19.1 Å². The zero-order valence-corrected chi connectivity index (χ0v) is 12.6. The number of aromatic nitrogens is 4. The number of rotatable bonds is 5. The van der Waals surface area contributed by atoms with Gasteiger partial charge in [0.15, 0.2) is 0 Å². The molecule has 2 heterocycles. The van der Waals surface area contributed by atoms with Gasteiger partial charge >= 0.3 is 0 Å². The molecule has 0 atom stereocenters. The van der Waals surface area contributed by atoms with Crippen LogP contribution < -0.4 is 0 Å². The van der Waals surface area contributed by atoms with Crippen molar-refractivity contribution in [1.29, 1.82) is 0 Å². The van der Waals surface area contributed by atoms with Crippen molar-refractivity contribution < 1.29 is 0 Å². The van der Waals surface area contributed by atoms with Gasteiger partial charge in [-0.15, -0.1) is 0 Å². The summed E-state index contributed by atoms with van der Waals surface area (Å²) < 4.78 is 4.16. The van der Waals surface area contributed by atoms with Crippen LogP contribution >= 0.6 is 15.9 Å². The van der Waals surface area contributed by atoms with Crippen LogP contribution in [-0.4, -0.2) is 19.1 Å². The van der Waals surface area contributed by atoms with E-state index in [0.29, 0.717) is 0 Å². The molecule has 0 aliphatic rings. The normalized spacial score (nSPS) is 10.8. The van der Waals surface area contributed by atoms with Gasteiger partial charge in [0.25, 0.3) is 0 Å². The Hall–Kier alpha value is -1.88. The third kappa shape index (κ3) is 3.17. The number of alkyl halides is 1. The van der Waals surface area contributed by atoms with Gasteiger partial charge in [-0.05, 0) is 16.7 Å². The van der Waals surface area contributed by atoms with Crippen LogP contribution in [0.25, 0.3) is 0 Å². The number of imidazole rings is 2. The van der Waals surface area contributed by atoms with Crippen molar-refractivity contribution in [2.45, 2.75) is 18.4 Å². The molecule has 0 saturated carbocycles. The third-order valence-electron chi connectivity index (χ3n) is 3.12. The predicted octanol–water partition coefficient (Wildman–Crippen LogP) is 3.07. The zero-order valence-electron chi connectivity index (χ0n) is 11.0. The second kappa shape index (κ2) is 6.05. The maximum Gasteiger partial charge on any atom is 0.0949 e. The Labute approximate surface area is 126 Å². The Kier molecular flexibility index (Phi) is 3.97. The van der Waals surface area contributed by atoms with E-state index in [1.807, 2.05) is 25.0 Å². The summed E-state index contributed by atoms with van der Waals surface area (Å²) in [6.45, 7) is 1.69. The van der Waals surface area contributed by atoms with Crippen LogP contribution in [0.15, 0.2) is 55.6 Å². The molecule has 1 aromatic carbocycles. The summed E-state index contributed by atoms with van der Waals surface area (Å²) in [4.78, 5) is 8.17. The molecule has 0 amide bonds. The van der Waals surface area contributed by atoms with Crippen molar-refractivity contribution in [2.24, 2.45) is 0 Å². The molecule has 0 saturated heterocycles. The molecule has 0 aliphatic heterocycles. The minimum atomic E-state index is 0.845. The fraction of sp³-hybridized carbons (Fsp3) is 0.200. The van der Waals surface area contributed by atoms with Crippen molar-refractivity contribution in [2.75, 3.05) is 0 Å². The minimum absolute atomic E-state index is 0.845. The van der Waals surface area contributed by atoms with E-state index >= 15 is 0 Å². The Bertz CT molecular complexity index is 605. The van der Waals surface area contributed by atoms with Crippen molar-refractivity contribution in [3.63, 3.8) is 0 Å². The van der Waals surface area contributed by atoms with E-state index in [0.717, 1.165) is 18.4 Å². The molecule has 0 radical (unpaired) electrons. The van der Waals surface area contributed by atoms with Crippen LogP contribution in [0.1, 0.15) is 16.7 Å². The number of hydrogen-bond donors (Lipinski definition) is 0. The monoisotopic (exact) mass is 330 g/mol. The first kappa shape index (κ1) is 13.1. The molecule has 3 rings (SSSR count). The molecule has 0 unspecified atom stereocenters. The van der Waals surface area contributed by atoms with Crippen molar-refractivity contribution in [3.8, 4) is 0 Å². The molecule has 0 fully saturated rings. The van der Waals surface area contributed by atoms with E-state index in [1.165, 1.54) is 16.7 Å². The summed E-state index contributed by atoms with van der Waals surface area (Å²) in [7, 11) is 0. The summed E-state index contributed by atoms with van der Waals surface area (Å²) in [6, 6.07) is 6.70. The molecule has 0 N–H and O–H groups in total. The Morgan fingerprint density at radius 3 is 1.70 bits per heavy atom. The van der Waals surface area contributed by atoms with Gasteiger partial charge in [-0.25, -0.2) is 9.97 Å². The minimum Gasteiger partial charge on any atom is -0.333 e. The van der Waals surface area contributed by atoms with Crippen molar-refractivity contribution >= 4 is 15.9 Å². The highest BCUT2D eigenvalue weighted by Crippen LogP contribution is 2.15. The lowest BCUT2D eigenvalue weighted by Crippen LogP contribution is -2.02. The van der Waals surface area contributed by atoms with Gasteiger partial charge in [0.2, 0.25) is 0 Å². The molecule has 20 heavy (non-hydrogen) atoms. The smallest absolute Gasteiger partial charge is 0.0949 e. The molecule has 5 heteroatoms. The van der Waals surface area contributed by atoms with Gasteiger partial charge in [-0.3, -0.25) is 0 Å². The Balaban J connectivity index is 1.86. The fourth-order valence-corrected chi connectivity index (χ4v) is 2.61. The van der Waals surface area contributed by atoms with E-state index < -0.39 is 0 Å². The second-order valence-electron chi connectivity index (χ2n) is 4.76. The first-order valence-electron chi connectivity index (χ1n) is 6.42. The number of nitrogens with zero attached hydrogens (tertiary/aromatic N) is 4. The summed E-state index contributed by atoms with van der Waals surface area (Å²) in [5, 5.41) is 0.863. The highest BCUT2D eigenvalue weighted by Gasteiger charge is 2.03. The molecular weight excluding hydrogens is 316 g/mol. The predicted molar refractivity (Wildman–Crippen MR) is 81.7 cm³/mol. The topological polar surface area (TPSA) is 35.6 Å². The summed E-state index contributed by atoms with van der Waals surface area (Å²) in [5.74, 6) is 0. The van der Waals surface area contributed by atoms with Gasteiger partial charge in [-0.2, -0.15) is 0 Å². The van der Waals surface area contributed by atoms with E-state index in [1.54, 1.807) is 12.4 Å². The first-order chi connectivity index (χ1) is 9.83. The highest BCUT2D eigenvalue weighted by molar-refractivity contribution is 9.08. The summed E-state index contributed by atoms with van der Waals surface area (Å²) >= 11 is 3.54. The molecule has 0 spiro atoms. The summed E-state index contributed by atoms with van der Waals surface area (Å²) in [6.07, 6.45) is 11.3. The quantitative estimate of drug-likeness (QED) is 0.674. The van der Waals surface area contributed by atoms with Gasteiger partial charge in [0.05, 0.1) is 12.7 Å². The molecule has 0 aliphatic carbocycles. The maximum atomic E-state index is 4.09. The highest BCUT2D eigenvalue weighted by atomic mass is 79.9. The second-order valence-corrected chi connectivity index (χ2v) is 5.32. The van der Waals surface area contributed by atoms with E-state index in [4.69, 9.17) is 0 Å². The van der Waals surface area contributed by atoms with Crippen LogP contribution in [0, 0.1) is 0 Å². The van der Waals surface area contributed by atoms with Crippen LogP contribution in [-0.2, 0) is 18.4 Å². The van der Waals surface area contributed by atoms with E-state index in [-0.39, 0.29) is 0 Å². The van der Waals surface area contributed by atoms with Gasteiger partial charge in [-0.1, -0.05) is 34.1 Å². The van der Waals surface area contributed by atoms with Gasteiger partial charge in [0, 0.05) is 43.2 Å². The first-order valence-corrected chi connectivity index (χ1v) is 7.55. The van der Waals surface area contributed by atoms with Gasteiger partial charge < -0.3 is 9.13 Å². The number of benzene rings is 1. The Morgan fingerprint density at radius 1 is 0.800 bits per heavy atom. The zero-order chi connectivity index (χ0) is 13.8. The lowest BCUT2D eigenvalue weighted by atomic mass is 10.1. The summed E-state index contributed by atoms with van der Waals surface area (Å²) in [5.41, 5.74) is 3.86. The number of halogens is 1. The fourth-order valence-electron chi connectivity index (χ4n) is 2.28. The third-order valence-corrected chi connectivity index (χ3v) is 3.76. The molecule has 3 aromatic rings. The average molecular weight is 331 g/mol. The lowest BCUT2D eigenvalue weighted by Gasteiger charge is -2.10. The lowest BCUT2D eigenvalue weighted by molar-refractivity contribution is 0.776. The van der Waals surface area contributed by atoms with Gasteiger partial charge in [0.1, 0.15) is 0 Å². The van der Waals surface area contributed by atoms with E-state index in [9.17, 15) is 0 Å². The Morgan fingerprint density at radius 2 is 1.30 bits per heavy atom. The van der Waals surface area contributed by atoms with Crippen LogP contribution in [0.3, 0.4) is 0 Å². The van der Waals surface area contributed by atoms with Crippen LogP contribution in [0.5, 0.6) is 0 Å². The standard InChI is InChI=1S/C15H15BrN4/c16-8-13-5-14(9-19-3-1-17-11-19)7-15(6-13)10-20-4-2-18-12-20/h1-7,11-12H,8-10H2. The molecule has 2 aromatic heterocycles. The molecule has 0 bridgehead atoms. The SMILES string of the molecule is BrCc1cc(Cn2ccnc2)cc(Cn2ccnc2)c1. The molecular formula is C15H15BrN4. The largest absolute Gasteiger partial charge is 0.333 e. The molecule has 102 valence electrons. The van der Waals surface area contributed by atoms with Crippen LogP contribution in [0.2, 0.25) is 0 Å². The van der Waals surface area contributed by atoms with Crippen molar-refractivity contribution in [3.05, 3.63) is 72.3 Å².